The summed E-state index contributed by atoms with van der Waals surface area (Å²) in [5.41, 5.74) is 0.416. The van der Waals surface area contributed by atoms with Crippen molar-refractivity contribution in [3.63, 3.8) is 0 Å². The quantitative estimate of drug-likeness (QED) is 0.705. The number of ketones is 1. The van der Waals surface area contributed by atoms with Crippen LogP contribution in [0.15, 0.2) is 28.7 Å². The van der Waals surface area contributed by atoms with E-state index in [-0.39, 0.29) is 17.5 Å². The van der Waals surface area contributed by atoms with E-state index in [0.29, 0.717) is 11.3 Å². The summed E-state index contributed by atoms with van der Waals surface area (Å²) in [6.07, 6.45) is 0. The molecule has 0 aliphatic rings. The van der Waals surface area contributed by atoms with Gasteiger partial charge in [0.1, 0.15) is 11.4 Å². The molecule has 0 N–H and O–H groups in total. The van der Waals surface area contributed by atoms with E-state index in [2.05, 4.69) is 0 Å². The minimum Gasteiger partial charge on any atom is -0.453 e. The Morgan fingerprint density at radius 2 is 2.07 bits per heavy atom. The lowest BCUT2D eigenvalue weighted by Gasteiger charge is -1.97. The summed E-state index contributed by atoms with van der Waals surface area (Å²) in [6, 6.07) is 5.89. The molecule has 2 nitrogen and oxygen atoms in total. The number of Topliss-reactive ketones (excluding diaryl/α,β-unsaturated/α-hetero) is 1. The van der Waals surface area contributed by atoms with Crippen molar-refractivity contribution in [2.24, 2.45) is 5.92 Å². The zero-order valence-electron chi connectivity index (χ0n) is 8.58. The third kappa shape index (κ3) is 1.77. The lowest BCUT2D eigenvalue weighted by molar-refractivity contribution is 0.0913. The van der Waals surface area contributed by atoms with Crippen molar-refractivity contribution < 1.29 is 13.6 Å². The maximum Gasteiger partial charge on any atom is 0.200 e. The second kappa shape index (κ2) is 3.50. The fraction of sp³-hybridized carbons (Fsp3) is 0.250. The summed E-state index contributed by atoms with van der Waals surface area (Å²) in [5, 5.41) is 0.750. The summed E-state index contributed by atoms with van der Waals surface area (Å²) < 4.78 is 18.1. The number of carbonyl (C=O) groups is 1. The van der Waals surface area contributed by atoms with Crippen molar-refractivity contribution in [1.29, 1.82) is 0 Å². The van der Waals surface area contributed by atoms with Crippen LogP contribution in [-0.2, 0) is 0 Å². The highest BCUT2D eigenvalue weighted by molar-refractivity contribution is 5.98. The van der Waals surface area contributed by atoms with E-state index in [0.717, 1.165) is 5.39 Å². The molecule has 1 aromatic heterocycles. The van der Waals surface area contributed by atoms with Crippen molar-refractivity contribution in [2.75, 3.05) is 0 Å². The Hall–Kier alpha value is -1.64. The van der Waals surface area contributed by atoms with E-state index >= 15 is 0 Å². The number of benzene rings is 1. The molecule has 0 bridgehead atoms. The first kappa shape index (κ1) is 9.90. The Kier molecular flexibility index (Phi) is 2.31. The Morgan fingerprint density at radius 1 is 1.33 bits per heavy atom. The fourth-order valence-corrected chi connectivity index (χ4v) is 1.41. The van der Waals surface area contributed by atoms with Gasteiger partial charge in [0.15, 0.2) is 5.76 Å². The summed E-state index contributed by atoms with van der Waals surface area (Å²) in [7, 11) is 0. The van der Waals surface area contributed by atoms with E-state index in [1.807, 2.05) is 0 Å². The normalized spacial score (nSPS) is 11.2. The van der Waals surface area contributed by atoms with Crippen LogP contribution in [0.25, 0.3) is 11.0 Å². The van der Waals surface area contributed by atoms with Crippen molar-refractivity contribution >= 4 is 16.8 Å². The van der Waals surface area contributed by atoms with Crippen LogP contribution in [0.3, 0.4) is 0 Å². The molecule has 0 unspecified atom stereocenters. The first-order valence-electron chi connectivity index (χ1n) is 4.81. The lowest BCUT2D eigenvalue weighted by atomic mass is 10.1. The predicted molar refractivity (Wildman–Crippen MR) is 55.3 cm³/mol. The molecule has 78 valence electrons. The summed E-state index contributed by atoms with van der Waals surface area (Å²) in [4.78, 5) is 11.6. The Bertz CT molecular complexity index is 511. The van der Waals surface area contributed by atoms with Gasteiger partial charge in [0, 0.05) is 17.4 Å². The second-order valence-electron chi connectivity index (χ2n) is 3.81. The maximum atomic E-state index is 12.9. The van der Waals surface area contributed by atoms with Crippen LogP contribution in [0.5, 0.6) is 0 Å². The van der Waals surface area contributed by atoms with Gasteiger partial charge < -0.3 is 4.42 Å². The first-order valence-corrected chi connectivity index (χ1v) is 4.81. The Morgan fingerprint density at radius 3 is 2.73 bits per heavy atom. The van der Waals surface area contributed by atoms with E-state index in [9.17, 15) is 9.18 Å². The minimum absolute atomic E-state index is 0.0633. The van der Waals surface area contributed by atoms with Gasteiger partial charge in [0.05, 0.1) is 0 Å². The van der Waals surface area contributed by atoms with Gasteiger partial charge in [0.25, 0.3) is 0 Å². The van der Waals surface area contributed by atoms with Gasteiger partial charge in [-0.25, -0.2) is 4.39 Å². The number of carbonyl (C=O) groups excluding carboxylic acids is 1. The van der Waals surface area contributed by atoms with Gasteiger partial charge in [-0.15, -0.1) is 0 Å². The highest BCUT2D eigenvalue weighted by Crippen LogP contribution is 2.22. The first-order chi connectivity index (χ1) is 7.08. The molecule has 2 aromatic rings. The number of hydrogen-bond acceptors (Lipinski definition) is 2. The average Bonchev–Trinajstić information content (AvgIpc) is 2.58. The van der Waals surface area contributed by atoms with Gasteiger partial charge in [-0.05, 0) is 18.2 Å². The summed E-state index contributed by atoms with van der Waals surface area (Å²) >= 11 is 0. The van der Waals surface area contributed by atoms with Crippen molar-refractivity contribution in [1.82, 2.24) is 0 Å². The SMILES string of the molecule is CC(C)C(=O)c1cc2ccc(F)cc2o1. The van der Waals surface area contributed by atoms with Crippen LogP contribution in [0.2, 0.25) is 0 Å². The molecule has 0 aliphatic carbocycles. The molecule has 0 saturated heterocycles. The zero-order chi connectivity index (χ0) is 11.0. The molecular formula is C12H11FO2. The van der Waals surface area contributed by atoms with Gasteiger partial charge in [-0.2, -0.15) is 0 Å². The molecule has 1 heterocycles. The molecule has 15 heavy (non-hydrogen) atoms. The third-order valence-corrected chi connectivity index (χ3v) is 2.25. The Balaban J connectivity index is 2.52. The van der Waals surface area contributed by atoms with E-state index < -0.39 is 0 Å². The van der Waals surface area contributed by atoms with Gasteiger partial charge in [-0.1, -0.05) is 13.8 Å². The topological polar surface area (TPSA) is 30.2 Å². The molecule has 0 radical (unpaired) electrons. The molecule has 0 aliphatic heterocycles. The van der Waals surface area contributed by atoms with Gasteiger partial charge in [-0.3, -0.25) is 4.79 Å². The van der Waals surface area contributed by atoms with E-state index in [1.54, 1.807) is 26.0 Å². The predicted octanol–water partition coefficient (Wildman–Crippen LogP) is 3.41. The van der Waals surface area contributed by atoms with Gasteiger partial charge in [0.2, 0.25) is 5.78 Å². The van der Waals surface area contributed by atoms with E-state index in [4.69, 9.17) is 4.42 Å². The van der Waals surface area contributed by atoms with Crippen LogP contribution in [0.1, 0.15) is 24.4 Å². The lowest BCUT2D eigenvalue weighted by Crippen LogP contribution is -2.05. The van der Waals surface area contributed by atoms with Crippen molar-refractivity contribution in [3.8, 4) is 0 Å². The monoisotopic (exact) mass is 206 g/mol. The molecule has 0 amide bonds. The summed E-state index contributed by atoms with van der Waals surface area (Å²) in [6.45, 7) is 3.60. The molecule has 0 spiro atoms. The fourth-order valence-electron chi connectivity index (χ4n) is 1.41. The molecule has 3 heteroatoms. The Labute approximate surface area is 86.7 Å². The molecule has 0 fully saturated rings. The van der Waals surface area contributed by atoms with Crippen molar-refractivity contribution in [2.45, 2.75) is 13.8 Å². The van der Waals surface area contributed by atoms with Crippen LogP contribution in [0, 0.1) is 11.7 Å². The smallest absolute Gasteiger partial charge is 0.200 e. The molecular weight excluding hydrogens is 195 g/mol. The molecule has 0 saturated carbocycles. The molecule has 0 atom stereocenters. The summed E-state index contributed by atoms with van der Waals surface area (Å²) in [5.74, 6) is -0.243. The number of hydrogen-bond donors (Lipinski definition) is 0. The van der Waals surface area contributed by atoms with Crippen molar-refractivity contribution in [3.05, 3.63) is 35.8 Å². The maximum absolute atomic E-state index is 12.9. The third-order valence-electron chi connectivity index (χ3n) is 2.25. The zero-order valence-corrected chi connectivity index (χ0v) is 8.58. The minimum atomic E-state index is -0.361. The van der Waals surface area contributed by atoms with Crippen LogP contribution in [-0.4, -0.2) is 5.78 Å². The largest absolute Gasteiger partial charge is 0.453 e. The van der Waals surface area contributed by atoms with E-state index in [1.165, 1.54) is 12.1 Å². The standard InChI is InChI=1S/C12H11FO2/c1-7(2)12(14)11-5-8-3-4-9(13)6-10(8)15-11/h3-7H,1-2H3. The van der Waals surface area contributed by atoms with Gasteiger partial charge >= 0.3 is 0 Å². The highest BCUT2D eigenvalue weighted by atomic mass is 19.1. The second-order valence-corrected chi connectivity index (χ2v) is 3.81. The van der Waals surface area contributed by atoms with Crippen LogP contribution < -0.4 is 0 Å². The van der Waals surface area contributed by atoms with Crippen LogP contribution >= 0.6 is 0 Å². The number of furan rings is 1. The molecule has 2 rings (SSSR count). The highest BCUT2D eigenvalue weighted by Gasteiger charge is 2.15. The number of fused-ring (bicyclic) bond motifs is 1. The van der Waals surface area contributed by atoms with Crippen LogP contribution in [0.4, 0.5) is 4.39 Å². The average molecular weight is 206 g/mol. The number of halogens is 1. The molecule has 1 aromatic carbocycles. The number of rotatable bonds is 2.